The van der Waals surface area contributed by atoms with E-state index in [1.54, 1.807) is 35.2 Å². The second-order valence-electron chi connectivity index (χ2n) is 8.03. The predicted molar refractivity (Wildman–Crippen MR) is 133 cm³/mol. The van der Waals surface area contributed by atoms with E-state index in [1.165, 1.54) is 24.5 Å². The average molecular weight is 482 g/mol. The van der Waals surface area contributed by atoms with E-state index in [0.29, 0.717) is 25.4 Å². The lowest BCUT2D eigenvalue weighted by atomic mass is 10.0. The highest BCUT2D eigenvalue weighted by Gasteiger charge is 2.22. The molecular weight excluding hydrogens is 452 g/mol. The molecule has 0 saturated carbocycles. The van der Waals surface area contributed by atoms with Crippen LogP contribution in [0, 0.1) is 17.6 Å². The number of para-hydroxylation sites is 1. The van der Waals surface area contributed by atoms with Crippen LogP contribution < -0.4 is 15.8 Å². The smallest absolute Gasteiger partial charge is 0.245 e. The van der Waals surface area contributed by atoms with Gasteiger partial charge in [0, 0.05) is 25.2 Å². The van der Waals surface area contributed by atoms with Gasteiger partial charge >= 0.3 is 0 Å². The molecule has 0 fully saturated rings. The molecule has 0 radical (unpaired) electrons. The van der Waals surface area contributed by atoms with Crippen LogP contribution in [0.4, 0.5) is 20.4 Å². The molecule has 3 rings (SSSR count). The van der Waals surface area contributed by atoms with Crippen molar-refractivity contribution in [1.82, 2.24) is 14.9 Å². The Morgan fingerprint density at radius 2 is 1.94 bits per heavy atom. The van der Waals surface area contributed by atoms with Gasteiger partial charge in [-0.2, -0.15) is 4.39 Å². The zero-order valence-electron chi connectivity index (χ0n) is 19.8. The summed E-state index contributed by atoms with van der Waals surface area (Å²) < 4.78 is 35.5. The average Bonchev–Trinajstić information content (AvgIpc) is 2.87. The fraction of sp³-hybridized carbons (Fsp3) is 0.269. The summed E-state index contributed by atoms with van der Waals surface area (Å²) in [6.07, 6.45) is 3.28. The van der Waals surface area contributed by atoms with Crippen LogP contribution >= 0.6 is 0 Å². The third-order valence-corrected chi connectivity index (χ3v) is 5.54. The lowest BCUT2D eigenvalue weighted by molar-refractivity contribution is -0.126. The normalized spacial score (nSPS) is 11.5. The number of hydrogen-bond acceptors (Lipinski definition) is 6. The van der Waals surface area contributed by atoms with Crippen LogP contribution in [0.1, 0.15) is 20.3 Å². The zero-order chi connectivity index (χ0) is 25.4. The highest BCUT2D eigenvalue weighted by molar-refractivity contribution is 5.87. The molecule has 0 aliphatic rings. The Kier molecular flexibility index (Phi) is 8.72. The van der Waals surface area contributed by atoms with Crippen molar-refractivity contribution < 1.29 is 18.3 Å². The first-order chi connectivity index (χ1) is 16.8. The molecule has 1 unspecified atom stereocenters. The first-order valence-corrected chi connectivity index (χ1v) is 11.3. The van der Waals surface area contributed by atoms with Gasteiger partial charge in [-0.3, -0.25) is 4.79 Å². The van der Waals surface area contributed by atoms with Gasteiger partial charge in [0.05, 0.1) is 5.56 Å². The number of nitrogens with one attached hydrogen (secondary N) is 1. The van der Waals surface area contributed by atoms with Crippen molar-refractivity contribution in [2.75, 3.05) is 30.7 Å². The Bertz CT molecular complexity index is 1170. The van der Waals surface area contributed by atoms with Crippen LogP contribution in [0.2, 0.25) is 0 Å². The van der Waals surface area contributed by atoms with Crippen molar-refractivity contribution in [2.24, 2.45) is 5.92 Å². The standard InChI is InChI=1S/C26H29F2N5O2/c1-4-21(34)33(5-2)14-13-17(3)15-30-26-22(25(29)31-16-32-26)19-11-12-20(24(28)23(19)27)35-18-9-7-6-8-10-18/h4,6-12,16-17H,1,5,13-15H2,2-3H3,(H3,29,30,31,32). The largest absolute Gasteiger partial charge is 0.454 e. The van der Waals surface area contributed by atoms with E-state index in [0.717, 1.165) is 6.42 Å². The summed E-state index contributed by atoms with van der Waals surface area (Å²) >= 11 is 0. The number of nitrogens with zero attached hydrogens (tertiary/aromatic N) is 3. The molecule has 0 aliphatic heterocycles. The molecule has 35 heavy (non-hydrogen) atoms. The van der Waals surface area contributed by atoms with E-state index in [2.05, 4.69) is 21.9 Å². The van der Waals surface area contributed by atoms with Gasteiger partial charge in [0.25, 0.3) is 0 Å². The molecule has 1 heterocycles. The number of benzene rings is 2. The maximum Gasteiger partial charge on any atom is 0.245 e. The fourth-order valence-electron chi connectivity index (χ4n) is 3.52. The summed E-state index contributed by atoms with van der Waals surface area (Å²) in [7, 11) is 0. The van der Waals surface area contributed by atoms with Gasteiger partial charge in [-0.25, -0.2) is 14.4 Å². The van der Waals surface area contributed by atoms with Crippen molar-refractivity contribution >= 4 is 17.5 Å². The second-order valence-corrected chi connectivity index (χ2v) is 8.03. The molecule has 2 aromatic carbocycles. The fourth-order valence-corrected chi connectivity index (χ4v) is 3.52. The van der Waals surface area contributed by atoms with Crippen molar-refractivity contribution in [3.8, 4) is 22.6 Å². The summed E-state index contributed by atoms with van der Waals surface area (Å²) in [6, 6.07) is 11.3. The molecule has 3 aromatic rings. The van der Waals surface area contributed by atoms with Gasteiger partial charge in [-0.05, 0) is 49.6 Å². The summed E-state index contributed by atoms with van der Waals surface area (Å²) in [5.74, 6) is -1.78. The molecule has 0 saturated heterocycles. The molecule has 7 nitrogen and oxygen atoms in total. The molecule has 0 spiro atoms. The molecule has 1 amide bonds. The quantitative estimate of drug-likeness (QED) is 0.363. The SMILES string of the molecule is C=CC(=O)N(CC)CCC(C)CNc1ncnc(N)c1-c1ccc(Oc2ccccc2)c(F)c1F. The minimum absolute atomic E-state index is 0.0129. The lowest BCUT2D eigenvalue weighted by Gasteiger charge is -2.22. The molecule has 3 N–H and O–H groups in total. The van der Waals surface area contributed by atoms with E-state index in [1.807, 2.05) is 13.8 Å². The zero-order valence-corrected chi connectivity index (χ0v) is 19.8. The van der Waals surface area contributed by atoms with E-state index in [9.17, 15) is 9.18 Å². The number of amides is 1. The number of nitrogens with two attached hydrogens (primary N) is 1. The molecule has 1 aromatic heterocycles. The molecular formula is C26H29F2N5O2. The van der Waals surface area contributed by atoms with E-state index in [4.69, 9.17) is 10.5 Å². The Morgan fingerprint density at radius 1 is 1.20 bits per heavy atom. The van der Waals surface area contributed by atoms with E-state index < -0.39 is 11.6 Å². The van der Waals surface area contributed by atoms with Crippen molar-refractivity contribution in [1.29, 1.82) is 0 Å². The third-order valence-electron chi connectivity index (χ3n) is 5.54. The van der Waals surface area contributed by atoms with Gasteiger partial charge in [-0.1, -0.05) is 31.7 Å². The monoisotopic (exact) mass is 481 g/mol. The van der Waals surface area contributed by atoms with Crippen LogP contribution in [0.25, 0.3) is 11.1 Å². The van der Waals surface area contributed by atoms with Crippen LogP contribution in [0.3, 0.4) is 0 Å². The van der Waals surface area contributed by atoms with Crippen molar-refractivity contribution in [3.05, 3.63) is 73.1 Å². The number of likely N-dealkylation sites (N-methyl/N-ethyl adjacent to an activating group) is 1. The van der Waals surface area contributed by atoms with Crippen LogP contribution in [0.15, 0.2) is 61.4 Å². The molecule has 184 valence electrons. The van der Waals surface area contributed by atoms with E-state index in [-0.39, 0.29) is 40.3 Å². The maximum absolute atomic E-state index is 15.1. The van der Waals surface area contributed by atoms with Gasteiger partial charge in [-0.15, -0.1) is 0 Å². The first kappa shape index (κ1) is 25.6. The van der Waals surface area contributed by atoms with E-state index >= 15 is 4.39 Å². The number of hydrogen-bond donors (Lipinski definition) is 2. The summed E-state index contributed by atoms with van der Waals surface area (Å²) in [5, 5.41) is 3.16. The third kappa shape index (κ3) is 6.32. The Balaban J connectivity index is 1.77. The van der Waals surface area contributed by atoms with Crippen molar-refractivity contribution in [2.45, 2.75) is 20.3 Å². The summed E-state index contributed by atoms with van der Waals surface area (Å²) in [5.41, 5.74) is 6.13. The summed E-state index contributed by atoms with van der Waals surface area (Å²) in [4.78, 5) is 21.7. The number of ether oxygens (including phenoxy) is 1. The number of nitrogen functional groups attached to an aromatic ring is 1. The van der Waals surface area contributed by atoms with Gasteiger partial charge in [0.2, 0.25) is 11.7 Å². The number of carbonyl (C=O) groups excluding carboxylic acids is 1. The van der Waals surface area contributed by atoms with Crippen LogP contribution in [-0.2, 0) is 4.79 Å². The number of halogens is 2. The number of aromatic nitrogens is 2. The van der Waals surface area contributed by atoms with Gasteiger partial charge in [0.1, 0.15) is 23.7 Å². The van der Waals surface area contributed by atoms with Crippen LogP contribution in [-0.4, -0.2) is 40.4 Å². The Labute approximate surface area is 203 Å². The molecule has 0 bridgehead atoms. The topological polar surface area (TPSA) is 93.4 Å². The number of anilines is 2. The first-order valence-electron chi connectivity index (χ1n) is 11.3. The van der Waals surface area contributed by atoms with Gasteiger partial charge < -0.3 is 20.7 Å². The Morgan fingerprint density at radius 3 is 2.63 bits per heavy atom. The lowest BCUT2D eigenvalue weighted by Crippen LogP contribution is -2.31. The minimum atomic E-state index is -1.14. The van der Waals surface area contributed by atoms with Crippen molar-refractivity contribution in [3.63, 3.8) is 0 Å². The van der Waals surface area contributed by atoms with Gasteiger partial charge in [0.15, 0.2) is 11.6 Å². The highest BCUT2D eigenvalue weighted by Crippen LogP contribution is 2.37. The predicted octanol–water partition coefficient (Wildman–Crippen LogP) is 5.27. The summed E-state index contributed by atoms with van der Waals surface area (Å²) in [6.45, 7) is 9.08. The number of carbonyl (C=O) groups is 1. The Hall–Kier alpha value is -4.01. The second kappa shape index (κ2) is 11.9. The molecule has 0 aliphatic carbocycles. The highest BCUT2D eigenvalue weighted by atomic mass is 19.2. The molecule has 1 atom stereocenters. The van der Waals surface area contributed by atoms with Crippen LogP contribution in [0.5, 0.6) is 11.5 Å². The molecule has 9 heteroatoms. The number of rotatable bonds is 11. The minimum Gasteiger partial charge on any atom is -0.454 e. The maximum atomic E-state index is 15.1.